The molecule has 0 aromatic heterocycles. The molecule has 6 heteroatoms. The second kappa shape index (κ2) is 9.16. The van der Waals surface area contributed by atoms with Gasteiger partial charge in [0.1, 0.15) is 5.75 Å². The van der Waals surface area contributed by atoms with Crippen LogP contribution in [0.25, 0.3) is 0 Å². The molecule has 138 valence electrons. The molecule has 0 bridgehead atoms. The molecule has 1 aliphatic heterocycles. The maximum absolute atomic E-state index is 12.6. The van der Waals surface area contributed by atoms with Gasteiger partial charge >= 0.3 is 0 Å². The molecule has 1 fully saturated rings. The van der Waals surface area contributed by atoms with E-state index < -0.39 is 0 Å². The molecule has 0 saturated carbocycles. The summed E-state index contributed by atoms with van der Waals surface area (Å²) in [5.41, 5.74) is 1.80. The van der Waals surface area contributed by atoms with Crippen LogP contribution < -0.4 is 10.1 Å². The summed E-state index contributed by atoms with van der Waals surface area (Å²) in [4.78, 5) is 15.0. The molecule has 2 aromatic carbocycles. The predicted octanol–water partition coefficient (Wildman–Crippen LogP) is 3.26. The van der Waals surface area contributed by atoms with E-state index in [1.165, 1.54) is 5.56 Å². The highest BCUT2D eigenvalue weighted by Crippen LogP contribution is 2.26. The van der Waals surface area contributed by atoms with Gasteiger partial charge < -0.3 is 14.8 Å². The maximum atomic E-state index is 12.6. The SMILES string of the molecule is COc1ccc(C(=O)NCC(c2ccccc2)N2CCOCC2)cc1Br. The van der Waals surface area contributed by atoms with Crippen molar-refractivity contribution in [3.63, 3.8) is 0 Å². The molecule has 1 N–H and O–H groups in total. The van der Waals surface area contributed by atoms with Crippen LogP contribution in [0.2, 0.25) is 0 Å². The van der Waals surface area contributed by atoms with Crippen molar-refractivity contribution in [2.24, 2.45) is 0 Å². The number of halogens is 1. The molecule has 0 spiro atoms. The monoisotopic (exact) mass is 418 g/mol. The predicted molar refractivity (Wildman–Crippen MR) is 105 cm³/mol. The molecule has 0 aliphatic carbocycles. The molecule has 1 saturated heterocycles. The number of nitrogens with one attached hydrogen (secondary N) is 1. The minimum atomic E-state index is -0.0949. The molecule has 1 aliphatic rings. The van der Waals surface area contributed by atoms with Gasteiger partial charge in [-0.3, -0.25) is 9.69 Å². The highest BCUT2D eigenvalue weighted by Gasteiger charge is 2.23. The van der Waals surface area contributed by atoms with Gasteiger partial charge in [-0.05, 0) is 39.7 Å². The number of benzene rings is 2. The van der Waals surface area contributed by atoms with Crippen molar-refractivity contribution >= 4 is 21.8 Å². The van der Waals surface area contributed by atoms with Gasteiger partial charge in [-0.15, -0.1) is 0 Å². The van der Waals surface area contributed by atoms with E-state index in [9.17, 15) is 4.79 Å². The second-order valence-electron chi connectivity index (χ2n) is 6.13. The number of methoxy groups -OCH3 is 1. The second-order valence-corrected chi connectivity index (χ2v) is 6.99. The Morgan fingerprint density at radius 3 is 2.62 bits per heavy atom. The largest absolute Gasteiger partial charge is 0.496 e. The van der Waals surface area contributed by atoms with Gasteiger partial charge in [-0.1, -0.05) is 30.3 Å². The molecular formula is C20H23BrN2O3. The summed E-state index contributed by atoms with van der Waals surface area (Å²) in [5, 5.41) is 3.08. The Balaban J connectivity index is 1.70. The van der Waals surface area contributed by atoms with Crippen LogP contribution in [-0.2, 0) is 4.74 Å². The van der Waals surface area contributed by atoms with Crippen molar-refractivity contribution in [2.45, 2.75) is 6.04 Å². The highest BCUT2D eigenvalue weighted by molar-refractivity contribution is 9.10. The number of carbonyl (C=O) groups is 1. The van der Waals surface area contributed by atoms with Crippen molar-refractivity contribution in [1.82, 2.24) is 10.2 Å². The normalized spacial score (nSPS) is 16.1. The van der Waals surface area contributed by atoms with Crippen molar-refractivity contribution in [3.05, 3.63) is 64.1 Å². The molecular weight excluding hydrogens is 396 g/mol. The maximum Gasteiger partial charge on any atom is 0.251 e. The van der Waals surface area contributed by atoms with E-state index in [1.54, 1.807) is 25.3 Å². The first-order valence-corrected chi connectivity index (χ1v) is 9.47. The fraction of sp³-hybridized carbons (Fsp3) is 0.350. The molecule has 2 aromatic rings. The zero-order valence-electron chi connectivity index (χ0n) is 14.8. The number of nitrogens with zero attached hydrogens (tertiary/aromatic N) is 1. The molecule has 1 unspecified atom stereocenters. The lowest BCUT2D eigenvalue weighted by Gasteiger charge is -2.35. The smallest absolute Gasteiger partial charge is 0.251 e. The van der Waals surface area contributed by atoms with E-state index in [1.807, 2.05) is 18.2 Å². The van der Waals surface area contributed by atoms with Crippen LogP contribution in [0.4, 0.5) is 0 Å². The van der Waals surface area contributed by atoms with Gasteiger partial charge in [0.2, 0.25) is 0 Å². The summed E-state index contributed by atoms with van der Waals surface area (Å²) < 4.78 is 11.5. The minimum Gasteiger partial charge on any atom is -0.496 e. The number of ether oxygens (including phenoxy) is 2. The zero-order valence-corrected chi connectivity index (χ0v) is 16.4. The highest BCUT2D eigenvalue weighted by atomic mass is 79.9. The first-order valence-electron chi connectivity index (χ1n) is 8.67. The van der Waals surface area contributed by atoms with Crippen molar-refractivity contribution in [1.29, 1.82) is 0 Å². The van der Waals surface area contributed by atoms with Gasteiger partial charge in [0.05, 0.1) is 30.8 Å². The fourth-order valence-electron chi connectivity index (χ4n) is 3.12. The number of carbonyl (C=O) groups excluding carboxylic acids is 1. The van der Waals surface area contributed by atoms with Crippen LogP contribution in [0.3, 0.4) is 0 Å². The van der Waals surface area contributed by atoms with Gasteiger partial charge in [-0.2, -0.15) is 0 Å². The van der Waals surface area contributed by atoms with E-state index in [0.29, 0.717) is 17.9 Å². The van der Waals surface area contributed by atoms with E-state index in [0.717, 1.165) is 30.8 Å². The number of amides is 1. The third-order valence-corrected chi connectivity index (χ3v) is 5.16. The summed E-state index contributed by atoms with van der Waals surface area (Å²) in [6.07, 6.45) is 0. The first-order chi connectivity index (χ1) is 12.7. The Hall–Kier alpha value is -1.89. The Labute approximate surface area is 162 Å². The Bertz CT molecular complexity index is 733. The third kappa shape index (κ3) is 4.63. The summed E-state index contributed by atoms with van der Waals surface area (Å²) in [6.45, 7) is 3.73. The molecule has 1 atom stereocenters. The Morgan fingerprint density at radius 1 is 1.23 bits per heavy atom. The molecule has 26 heavy (non-hydrogen) atoms. The fourth-order valence-corrected chi connectivity index (χ4v) is 3.66. The van der Waals surface area contributed by atoms with E-state index in [2.05, 4.69) is 38.3 Å². The number of hydrogen-bond acceptors (Lipinski definition) is 4. The average Bonchev–Trinajstić information content (AvgIpc) is 2.69. The summed E-state index contributed by atoms with van der Waals surface area (Å²) >= 11 is 3.43. The Morgan fingerprint density at radius 2 is 1.96 bits per heavy atom. The third-order valence-electron chi connectivity index (χ3n) is 4.54. The van der Waals surface area contributed by atoms with Crippen LogP contribution in [0, 0.1) is 0 Å². The topological polar surface area (TPSA) is 50.8 Å². The van der Waals surface area contributed by atoms with Crippen LogP contribution >= 0.6 is 15.9 Å². The van der Waals surface area contributed by atoms with Crippen molar-refractivity contribution in [2.75, 3.05) is 40.0 Å². The molecule has 1 amide bonds. The van der Waals surface area contributed by atoms with E-state index in [4.69, 9.17) is 9.47 Å². The van der Waals surface area contributed by atoms with Crippen LogP contribution in [0.5, 0.6) is 5.75 Å². The first kappa shape index (κ1) is 18.9. The standard InChI is InChI=1S/C20H23BrN2O3/c1-25-19-8-7-16(13-17(19)21)20(24)22-14-18(15-5-3-2-4-6-15)23-9-11-26-12-10-23/h2-8,13,18H,9-12,14H2,1H3,(H,22,24). The van der Waals surface area contributed by atoms with Crippen LogP contribution in [0.1, 0.15) is 22.0 Å². The van der Waals surface area contributed by atoms with Gasteiger partial charge in [0.15, 0.2) is 0 Å². The quantitative estimate of drug-likeness (QED) is 0.781. The van der Waals surface area contributed by atoms with E-state index >= 15 is 0 Å². The lowest BCUT2D eigenvalue weighted by atomic mass is 10.0. The van der Waals surface area contributed by atoms with Crippen LogP contribution in [-0.4, -0.2) is 50.8 Å². The molecule has 1 heterocycles. The molecule has 3 rings (SSSR count). The van der Waals surface area contributed by atoms with Gasteiger partial charge in [-0.25, -0.2) is 0 Å². The zero-order chi connectivity index (χ0) is 18.4. The summed E-state index contributed by atoms with van der Waals surface area (Å²) in [6, 6.07) is 15.8. The number of rotatable bonds is 6. The summed E-state index contributed by atoms with van der Waals surface area (Å²) in [5.74, 6) is 0.611. The van der Waals surface area contributed by atoms with Gasteiger partial charge in [0.25, 0.3) is 5.91 Å². The Kier molecular flexibility index (Phi) is 6.66. The number of morpholine rings is 1. The lowest BCUT2D eigenvalue weighted by molar-refractivity contribution is 0.0162. The van der Waals surface area contributed by atoms with Crippen molar-refractivity contribution < 1.29 is 14.3 Å². The van der Waals surface area contributed by atoms with Crippen LogP contribution in [0.15, 0.2) is 53.0 Å². The lowest BCUT2D eigenvalue weighted by Crippen LogP contribution is -2.43. The summed E-state index contributed by atoms with van der Waals surface area (Å²) in [7, 11) is 1.60. The van der Waals surface area contributed by atoms with E-state index in [-0.39, 0.29) is 11.9 Å². The molecule has 0 radical (unpaired) electrons. The average molecular weight is 419 g/mol. The van der Waals surface area contributed by atoms with Gasteiger partial charge in [0, 0.05) is 25.2 Å². The van der Waals surface area contributed by atoms with Crippen molar-refractivity contribution in [3.8, 4) is 5.75 Å². The number of hydrogen-bond donors (Lipinski definition) is 1. The minimum absolute atomic E-state index is 0.0949. The molecule has 5 nitrogen and oxygen atoms in total.